The zero-order chi connectivity index (χ0) is 22.0. The van der Waals surface area contributed by atoms with Crippen LogP contribution < -0.4 is 5.32 Å². The van der Waals surface area contributed by atoms with E-state index in [9.17, 15) is 4.79 Å². The van der Waals surface area contributed by atoms with Crippen LogP contribution in [0.2, 0.25) is 0 Å². The highest BCUT2D eigenvalue weighted by Gasteiger charge is 2.18. The van der Waals surface area contributed by atoms with E-state index >= 15 is 0 Å². The normalized spacial score (nSPS) is 12.1. The number of nitrogens with zero attached hydrogens (tertiary/aromatic N) is 3. The molecule has 5 nitrogen and oxygen atoms in total. The smallest absolute Gasteiger partial charge is 0.220 e. The summed E-state index contributed by atoms with van der Waals surface area (Å²) in [5.74, 6) is 0.0388. The zero-order valence-electron chi connectivity index (χ0n) is 18.5. The van der Waals surface area contributed by atoms with Crippen molar-refractivity contribution in [3.05, 3.63) is 88.9 Å². The summed E-state index contributed by atoms with van der Waals surface area (Å²) in [5.41, 5.74) is 8.17. The number of carbonyl (C=O) groups is 1. The lowest BCUT2D eigenvalue weighted by Crippen LogP contribution is -2.27. The van der Waals surface area contributed by atoms with Crippen LogP contribution in [0.5, 0.6) is 0 Å². The minimum atomic E-state index is -0.0151. The Balaban J connectivity index is 1.55. The van der Waals surface area contributed by atoms with Crippen LogP contribution in [0.25, 0.3) is 16.8 Å². The van der Waals surface area contributed by atoms with Gasteiger partial charge in [0.2, 0.25) is 5.91 Å². The van der Waals surface area contributed by atoms with E-state index in [4.69, 9.17) is 10.1 Å². The number of aryl methyl sites for hydroxylation is 3. The molecule has 0 unspecified atom stereocenters. The van der Waals surface area contributed by atoms with E-state index in [0.29, 0.717) is 12.8 Å². The van der Waals surface area contributed by atoms with Crippen molar-refractivity contribution >= 4 is 11.6 Å². The molecule has 31 heavy (non-hydrogen) atoms. The van der Waals surface area contributed by atoms with Crippen LogP contribution in [0.1, 0.15) is 47.6 Å². The van der Waals surface area contributed by atoms with Crippen LogP contribution in [0.15, 0.2) is 60.7 Å². The van der Waals surface area contributed by atoms with Crippen molar-refractivity contribution in [1.29, 1.82) is 0 Å². The first-order chi connectivity index (χ1) is 15.0. The Hall–Kier alpha value is -3.47. The third-order valence-corrected chi connectivity index (χ3v) is 5.84. The molecule has 4 rings (SSSR count). The van der Waals surface area contributed by atoms with Crippen LogP contribution in [0.3, 0.4) is 0 Å². The lowest BCUT2D eigenvalue weighted by Gasteiger charge is -2.15. The highest BCUT2D eigenvalue weighted by molar-refractivity contribution is 5.80. The number of rotatable bonds is 6. The first-order valence-electron chi connectivity index (χ1n) is 10.7. The quantitative estimate of drug-likeness (QED) is 0.477. The Bertz CT molecular complexity index is 1210. The maximum atomic E-state index is 12.6. The van der Waals surface area contributed by atoms with Gasteiger partial charge >= 0.3 is 0 Å². The molecule has 0 radical (unpaired) electrons. The zero-order valence-corrected chi connectivity index (χ0v) is 18.5. The van der Waals surface area contributed by atoms with Gasteiger partial charge in [-0.1, -0.05) is 60.7 Å². The maximum absolute atomic E-state index is 12.6. The lowest BCUT2D eigenvalue weighted by atomic mass is 10.0. The molecule has 2 aromatic heterocycles. The fourth-order valence-electron chi connectivity index (χ4n) is 4.15. The predicted molar refractivity (Wildman–Crippen MR) is 124 cm³/mol. The molecule has 4 aromatic rings. The van der Waals surface area contributed by atoms with Gasteiger partial charge in [0.05, 0.1) is 11.7 Å². The number of benzene rings is 2. The van der Waals surface area contributed by atoms with Gasteiger partial charge in [-0.05, 0) is 50.8 Å². The second kappa shape index (κ2) is 8.72. The Morgan fingerprint density at radius 3 is 2.29 bits per heavy atom. The van der Waals surface area contributed by atoms with E-state index in [1.807, 2.05) is 73.8 Å². The number of hydrogen-bond donors (Lipinski definition) is 1. The molecule has 1 amide bonds. The third-order valence-electron chi connectivity index (χ3n) is 5.84. The Kier molecular flexibility index (Phi) is 5.85. The molecule has 1 atom stereocenters. The van der Waals surface area contributed by atoms with Crippen LogP contribution in [0, 0.1) is 20.8 Å². The summed E-state index contributed by atoms with van der Waals surface area (Å²) < 4.78 is 1.92. The molecule has 0 aliphatic heterocycles. The van der Waals surface area contributed by atoms with Gasteiger partial charge in [-0.2, -0.15) is 5.10 Å². The van der Waals surface area contributed by atoms with E-state index in [0.717, 1.165) is 45.0 Å². The number of hydrogen-bond acceptors (Lipinski definition) is 3. The lowest BCUT2D eigenvalue weighted by molar-refractivity contribution is -0.121. The number of aromatic nitrogens is 3. The number of carbonyl (C=O) groups excluding carboxylic acids is 1. The Labute approximate surface area is 183 Å². The van der Waals surface area contributed by atoms with Crippen LogP contribution >= 0.6 is 0 Å². The molecule has 0 fully saturated rings. The molecule has 0 bridgehead atoms. The molecule has 0 saturated carbocycles. The molecule has 158 valence electrons. The van der Waals surface area contributed by atoms with E-state index in [1.54, 1.807) is 0 Å². The summed E-state index contributed by atoms with van der Waals surface area (Å²) in [6.07, 6.45) is 1.05. The third kappa shape index (κ3) is 4.22. The molecule has 2 aromatic carbocycles. The van der Waals surface area contributed by atoms with Crippen molar-refractivity contribution in [2.75, 3.05) is 0 Å². The van der Waals surface area contributed by atoms with Gasteiger partial charge in [-0.3, -0.25) is 4.79 Å². The molecule has 0 aliphatic rings. The van der Waals surface area contributed by atoms with Crippen LogP contribution in [-0.2, 0) is 11.2 Å². The summed E-state index contributed by atoms with van der Waals surface area (Å²) in [4.78, 5) is 17.5. The second-order valence-corrected chi connectivity index (χ2v) is 8.02. The standard InChI is InChI=1S/C26H28N4O/c1-17(21-11-7-5-8-12-21)27-24(31)16-15-23-18(2)28-26-25(22-13-9-6-10-14-22)19(3)29-30(26)20(23)4/h5-14,17H,15-16H2,1-4H3,(H,27,31)/t17-/m1/s1. The summed E-state index contributed by atoms with van der Waals surface area (Å²) >= 11 is 0. The number of nitrogens with one attached hydrogen (secondary N) is 1. The van der Waals surface area contributed by atoms with Crippen molar-refractivity contribution in [3.8, 4) is 11.1 Å². The minimum Gasteiger partial charge on any atom is -0.350 e. The van der Waals surface area contributed by atoms with E-state index < -0.39 is 0 Å². The van der Waals surface area contributed by atoms with Crippen molar-refractivity contribution in [1.82, 2.24) is 19.9 Å². The van der Waals surface area contributed by atoms with Gasteiger partial charge in [0.1, 0.15) is 0 Å². The van der Waals surface area contributed by atoms with Crippen LogP contribution in [-0.4, -0.2) is 20.5 Å². The summed E-state index contributed by atoms with van der Waals surface area (Å²) in [6.45, 7) is 8.10. The topological polar surface area (TPSA) is 59.3 Å². The second-order valence-electron chi connectivity index (χ2n) is 8.02. The highest BCUT2D eigenvalue weighted by Crippen LogP contribution is 2.29. The highest BCUT2D eigenvalue weighted by atomic mass is 16.1. The van der Waals surface area contributed by atoms with E-state index in [2.05, 4.69) is 24.4 Å². The first kappa shape index (κ1) is 20.8. The Morgan fingerprint density at radius 1 is 0.968 bits per heavy atom. The summed E-state index contributed by atoms with van der Waals surface area (Å²) in [5, 5.41) is 7.86. The van der Waals surface area contributed by atoms with Gasteiger partial charge < -0.3 is 5.32 Å². The average molecular weight is 413 g/mol. The molecular weight excluding hydrogens is 384 g/mol. The summed E-state index contributed by atoms with van der Waals surface area (Å²) in [7, 11) is 0. The minimum absolute atomic E-state index is 0.0151. The Morgan fingerprint density at radius 2 is 1.61 bits per heavy atom. The number of amides is 1. The largest absolute Gasteiger partial charge is 0.350 e. The maximum Gasteiger partial charge on any atom is 0.220 e. The molecule has 2 heterocycles. The monoisotopic (exact) mass is 412 g/mol. The predicted octanol–water partition coefficient (Wildman–Crippen LogP) is 5.13. The van der Waals surface area contributed by atoms with Crippen molar-refractivity contribution in [3.63, 3.8) is 0 Å². The van der Waals surface area contributed by atoms with Gasteiger partial charge in [0.15, 0.2) is 5.65 Å². The molecule has 0 saturated heterocycles. The molecule has 5 heteroatoms. The van der Waals surface area contributed by atoms with Gasteiger partial charge in [-0.25, -0.2) is 9.50 Å². The van der Waals surface area contributed by atoms with E-state index in [1.165, 1.54) is 0 Å². The van der Waals surface area contributed by atoms with Crippen molar-refractivity contribution in [2.24, 2.45) is 0 Å². The fourth-order valence-corrected chi connectivity index (χ4v) is 4.15. The van der Waals surface area contributed by atoms with Crippen molar-refractivity contribution in [2.45, 2.75) is 46.6 Å². The summed E-state index contributed by atoms with van der Waals surface area (Å²) in [6, 6.07) is 20.2. The van der Waals surface area contributed by atoms with Crippen molar-refractivity contribution < 1.29 is 4.79 Å². The molecule has 0 aliphatic carbocycles. The van der Waals surface area contributed by atoms with Gasteiger partial charge in [0, 0.05) is 23.4 Å². The number of fused-ring (bicyclic) bond motifs is 1. The van der Waals surface area contributed by atoms with Crippen LogP contribution in [0.4, 0.5) is 0 Å². The molecule has 0 spiro atoms. The SMILES string of the molecule is Cc1nc2c(-c3ccccc3)c(C)nn2c(C)c1CCC(=O)N[C@H](C)c1ccccc1. The molecule has 1 N–H and O–H groups in total. The van der Waals surface area contributed by atoms with E-state index in [-0.39, 0.29) is 11.9 Å². The van der Waals surface area contributed by atoms with Gasteiger partial charge in [-0.15, -0.1) is 0 Å². The van der Waals surface area contributed by atoms with Gasteiger partial charge in [0.25, 0.3) is 0 Å². The average Bonchev–Trinajstić information content (AvgIpc) is 3.10. The molecular formula is C26H28N4O. The first-order valence-corrected chi connectivity index (χ1v) is 10.7. The fraction of sp³-hybridized carbons (Fsp3) is 0.269.